The van der Waals surface area contributed by atoms with Crippen molar-refractivity contribution in [3.8, 4) is 11.5 Å². The van der Waals surface area contributed by atoms with E-state index in [2.05, 4.69) is 5.32 Å². The van der Waals surface area contributed by atoms with Crippen LogP contribution in [0.1, 0.15) is 27.6 Å². The van der Waals surface area contributed by atoms with E-state index in [4.69, 9.17) is 14.2 Å². The van der Waals surface area contributed by atoms with E-state index in [9.17, 15) is 9.59 Å². The van der Waals surface area contributed by atoms with Gasteiger partial charge in [0.25, 0.3) is 5.91 Å². The van der Waals surface area contributed by atoms with Gasteiger partial charge in [-0.05, 0) is 43.3 Å². The molecule has 1 aliphatic rings. The summed E-state index contributed by atoms with van der Waals surface area (Å²) in [6, 6.07) is 11.5. The second-order valence-corrected chi connectivity index (χ2v) is 4.82. The average molecular weight is 313 g/mol. The first-order valence-corrected chi connectivity index (χ1v) is 7.15. The van der Waals surface area contributed by atoms with E-state index in [1.54, 1.807) is 49.4 Å². The molecule has 0 radical (unpaired) electrons. The van der Waals surface area contributed by atoms with E-state index in [-0.39, 0.29) is 12.7 Å². The second-order valence-electron chi connectivity index (χ2n) is 4.82. The predicted octanol–water partition coefficient (Wildman–Crippen LogP) is 2.84. The number of amides is 1. The van der Waals surface area contributed by atoms with E-state index in [0.29, 0.717) is 34.9 Å². The number of hydrogen-bond acceptors (Lipinski definition) is 5. The first-order valence-electron chi connectivity index (χ1n) is 7.15. The molecule has 1 N–H and O–H groups in total. The summed E-state index contributed by atoms with van der Waals surface area (Å²) in [5, 5.41) is 2.74. The van der Waals surface area contributed by atoms with E-state index in [1.165, 1.54) is 0 Å². The zero-order valence-electron chi connectivity index (χ0n) is 12.5. The van der Waals surface area contributed by atoms with Crippen molar-refractivity contribution in [2.45, 2.75) is 6.92 Å². The predicted molar refractivity (Wildman–Crippen MR) is 82.9 cm³/mol. The molecule has 6 heteroatoms. The summed E-state index contributed by atoms with van der Waals surface area (Å²) >= 11 is 0. The fourth-order valence-corrected chi connectivity index (χ4v) is 2.18. The van der Waals surface area contributed by atoms with Crippen molar-refractivity contribution in [1.82, 2.24) is 0 Å². The highest BCUT2D eigenvalue weighted by Crippen LogP contribution is 2.32. The van der Waals surface area contributed by atoms with Gasteiger partial charge in [0, 0.05) is 11.3 Å². The van der Waals surface area contributed by atoms with Crippen molar-refractivity contribution in [2.75, 3.05) is 18.7 Å². The molecule has 0 bridgehead atoms. The zero-order valence-corrected chi connectivity index (χ0v) is 12.5. The Morgan fingerprint density at radius 2 is 1.91 bits per heavy atom. The first-order chi connectivity index (χ1) is 11.2. The van der Waals surface area contributed by atoms with Crippen LogP contribution < -0.4 is 14.8 Å². The number of benzene rings is 2. The van der Waals surface area contributed by atoms with E-state index < -0.39 is 5.97 Å². The molecule has 0 saturated heterocycles. The number of nitrogens with one attached hydrogen (secondary N) is 1. The highest BCUT2D eigenvalue weighted by atomic mass is 16.7. The van der Waals surface area contributed by atoms with Crippen LogP contribution in [0.25, 0.3) is 0 Å². The van der Waals surface area contributed by atoms with Gasteiger partial charge in [-0.2, -0.15) is 0 Å². The molecule has 0 spiro atoms. The Morgan fingerprint density at radius 1 is 1.09 bits per heavy atom. The highest BCUT2D eigenvalue weighted by Gasteiger charge is 2.16. The molecule has 0 fully saturated rings. The fourth-order valence-electron chi connectivity index (χ4n) is 2.18. The fraction of sp³-hybridized carbons (Fsp3) is 0.176. The minimum atomic E-state index is -0.424. The number of esters is 1. The quantitative estimate of drug-likeness (QED) is 0.879. The third-order valence-electron chi connectivity index (χ3n) is 3.27. The van der Waals surface area contributed by atoms with Gasteiger partial charge in [0.2, 0.25) is 6.79 Å². The molecule has 1 heterocycles. The lowest BCUT2D eigenvalue weighted by Gasteiger charge is -2.08. The largest absolute Gasteiger partial charge is 0.462 e. The number of hydrogen-bond donors (Lipinski definition) is 1. The molecule has 3 rings (SSSR count). The zero-order chi connectivity index (χ0) is 16.2. The number of anilines is 1. The summed E-state index contributed by atoms with van der Waals surface area (Å²) in [4.78, 5) is 24.0. The number of carbonyl (C=O) groups is 2. The molecule has 1 amide bonds. The maximum absolute atomic E-state index is 12.3. The van der Waals surface area contributed by atoms with Gasteiger partial charge in [-0.3, -0.25) is 4.79 Å². The summed E-state index contributed by atoms with van der Waals surface area (Å²) in [5.74, 6) is 0.430. The Labute approximate surface area is 133 Å². The van der Waals surface area contributed by atoms with Crippen molar-refractivity contribution in [1.29, 1.82) is 0 Å². The summed E-state index contributed by atoms with van der Waals surface area (Å²) in [6.45, 7) is 2.19. The lowest BCUT2D eigenvalue weighted by molar-refractivity contribution is 0.0526. The van der Waals surface area contributed by atoms with Crippen LogP contribution in [0.5, 0.6) is 11.5 Å². The van der Waals surface area contributed by atoms with E-state index in [0.717, 1.165) is 0 Å². The van der Waals surface area contributed by atoms with Crippen molar-refractivity contribution >= 4 is 17.6 Å². The van der Waals surface area contributed by atoms with Crippen LogP contribution in [0.4, 0.5) is 5.69 Å². The van der Waals surface area contributed by atoms with Crippen LogP contribution in [-0.2, 0) is 4.74 Å². The van der Waals surface area contributed by atoms with Crippen LogP contribution in [0, 0.1) is 0 Å². The molecule has 23 heavy (non-hydrogen) atoms. The number of ether oxygens (including phenoxy) is 3. The molecule has 0 saturated carbocycles. The van der Waals surface area contributed by atoms with E-state index in [1.807, 2.05) is 0 Å². The van der Waals surface area contributed by atoms with Crippen molar-refractivity contribution in [2.24, 2.45) is 0 Å². The molecule has 118 valence electrons. The lowest BCUT2D eigenvalue weighted by atomic mass is 10.1. The lowest BCUT2D eigenvalue weighted by Crippen LogP contribution is -2.12. The molecular formula is C17H15NO5. The minimum Gasteiger partial charge on any atom is -0.462 e. The van der Waals surface area contributed by atoms with Crippen molar-refractivity contribution < 1.29 is 23.8 Å². The number of fused-ring (bicyclic) bond motifs is 1. The van der Waals surface area contributed by atoms with Gasteiger partial charge in [0.05, 0.1) is 12.2 Å². The Bertz CT molecular complexity index is 756. The maximum atomic E-state index is 12.3. The normalized spacial score (nSPS) is 11.9. The molecule has 1 aliphatic heterocycles. The number of carbonyl (C=O) groups excluding carboxylic acids is 2. The van der Waals surface area contributed by atoms with Crippen LogP contribution >= 0.6 is 0 Å². The first kappa shape index (κ1) is 14.9. The SMILES string of the molecule is CCOC(=O)c1cccc(NC(=O)c2ccc3c(c2)OCO3)c1. The van der Waals surface area contributed by atoms with Gasteiger partial charge in [-0.15, -0.1) is 0 Å². The van der Waals surface area contributed by atoms with Crippen molar-refractivity contribution in [3.05, 3.63) is 53.6 Å². The molecule has 0 atom stereocenters. The summed E-state index contributed by atoms with van der Waals surface area (Å²) in [7, 11) is 0. The summed E-state index contributed by atoms with van der Waals surface area (Å²) in [5.41, 5.74) is 1.34. The molecular weight excluding hydrogens is 298 g/mol. The van der Waals surface area contributed by atoms with Gasteiger partial charge in [-0.25, -0.2) is 4.79 Å². The highest BCUT2D eigenvalue weighted by molar-refractivity contribution is 6.05. The molecule has 0 aliphatic carbocycles. The Morgan fingerprint density at radius 3 is 2.74 bits per heavy atom. The summed E-state index contributed by atoms with van der Waals surface area (Å²) in [6.07, 6.45) is 0. The van der Waals surface area contributed by atoms with Crippen molar-refractivity contribution in [3.63, 3.8) is 0 Å². The Kier molecular flexibility index (Phi) is 4.14. The standard InChI is InChI=1S/C17H15NO5/c1-2-21-17(20)12-4-3-5-13(8-12)18-16(19)11-6-7-14-15(9-11)23-10-22-14/h3-9H,2,10H2,1H3,(H,18,19). The van der Waals surface area contributed by atoms with Crippen LogP contribution in [0.15, 0.2) is 42.5 Å². The minimum absolute atomic E-state index is 0.155. The molecule has 0 aromatic heterocycles. The third kappa shape index (κ3) is 3.26. The van der Waals surface area contributed by atoms with E-state index >= 15 is 0 Å². The second kappa shape index (κ2) is 6.39. The smallest absolute Gasteiger partial charge is 0.338 e. The Balaban J connectivity index is 1.75. The molecule has 0 unspecified atom stereocenters. The monoisotopic (exact) mass is 313 g/mol. The maximum Gasteiger partial charge on any atom is 0.338 e. The topological polar surface area (TPSA) is 73.9 Å². The van der Waals surface area contributed by atoms with Gasteiger partial charge in [0.1, 0.15) is 0 Å². The third-order valence-corrected chi connectivity index (χ3v) is 3.27. The van der Waals surface area contributed by atoms with Gasteiger partial charge in [-0.1, -0.05) is 6.07 Å². The summed E-state index contributed by atoms with van der Waals surface area (Å²) < 4.78 is 15.4. The van der Waals surface area contributed by atoms with Gasteiger partial charge in [0.15, 0.2) is 11.5 Å². The molecule has 2 aromatic rings. The van der Waals surface area contributed by atoms with Gasteiger partial charge >= 0.3 is 5.97 Å². The number of rotatable bonds is 4. The van der Waals surface area contributed by atoms with Gasteiger partial charge < -0.3 is 19.5 Å². The van der Waals surface area contributed by atoms with Crippen LogP contribution in [0.3, 0.4) is 0 Å². The average Bonchev–Trinajstić information content (AvgIpc) is 3.03. The van der Waals surface area contributed by atoms with Crippen LogP contribution in [0.2, 0.25) is 0 Å². The van der Waals surface area contributed by atoms with Crippen LogP contribution in [-0.4, -0.2) is 25.3 Å². The Hall–Kier alpha value is -3.02. The molecule has 2 aromatic carbocycles. The molecule has 6 nitrogen and oxygen atoms in total.